The zero-order chi connectivity index (χ0) is 14.4. The molecule has 0 aromatic carbocycles. The van der Waals surface area contributed by atoms with Gasteiger partial charge in [-0.1, -0.05) is 19.9 Å². The van der Waals surface area contributed by atoms with Gasteiger partial charge in [-0.05, 0) is 31.1 Å². The van der Waals surface area contributed by atoms with E-state index < -0.39 is 5.79 Å². The van der Waals surface area contributed by atoms with Crippen molar-refractivity contribution in [3.8, 4) is 0 Å². The number of Topliss-reactive ketones (excluding diaryl/α,β-unsaturated/α-hetero) is 1. The SMILES string of the molecule is C=CC[C@H]1C(=O)CC[C@]2(C)[C@@H]1CC(C)CC21OCCO1. The van der Waals surface area contributed by atoms with Crippen LogP contribution in [0.1, 0.15) is 46.0 Å². The molecule has 1 spiro atoms. The molecule has 3 aliphatic rings. The van der Waals surface area contributed by atoms with Crippen molar-refractivity contribution in [1.29, 1.82) is 0 Å². The van der Waals surface area contributed by atoms with Gasteiger partial charge >= 0.3 is 0 Å². The Labute approximate surface area is 121 Å². The molecule has 1 saturated heterocycles. The van der Waals surface area contributed by atoms with E-state index >= 15 is 0 Å². The highest BCUT2D eigenvalue weighted by Gasteiger charge is 2.63. The van der Waals surface area contributed by atoms with Crippen LogP contribution in [0, 0.1) is 23.2 Å². The van der Waals surface area contributed by atoms with Gasteiger partial charge in [0.15, 0.2) is 5.79 Å². The Hall–Kier alpha value is -0.670. The van der Waals surface area contributed by atoms with Gasteiger partial charge < -0.3 is 9.47 Å². The number of ether oxygens (including phenoxy) is 2. The van der Waals surface area contributed by atoms with Gasteiger partial charge in [0.2, 0.25) is 0 Å². The molecule has 3 rings (SSSR count). The Kier molecular flexibility index (Phi) is 3.54. The molecule has 0 radical (unpaired) electrons. The Balaban J connectivity index is 1.98. The van der Waals surface area contributed by atoms with E-state index in [1.807, 2.05) is 6.08 Å². The third-order valence-corrected chi connectivity index (χ3v) is 5.93. The molecule has 1 heterocycles. The minimum absolute atomic E-state index is 0.0302. The van der Waals surface area contributed by atoms with Crippen molar-refractivity contribution in [3.63, 3.8) is 0 Å². The number of carbonyl (C=O) groups excluding carboxylic acids is 1. The topological polar surface area (TPSA) is 35.5 Å². The lowest BCUT2D eigenvalue weighted by Gasteiger charge is -2.58. The maximum atomic E-state index is 12.4. The van der Waals surface area contributed by atoms with Crippen molar-refractivity contribution in [2.24, 2.45) is 23.2 Å². The van der Waals surface area contributed by atoms with Crippen LogP contribution in [-0.2, 0) is 14.3 Å². The minimum Gasteiger partial charge on any atom is -0.347 e. The number of carbonyl (C=O) groups is 1. The standard InChI is InChI=1S/C17H26O3/c1-4-5-13-14-10-12(2)11-17(19-8-9-20-17)16(14,3)7-6-15(13)18/h4,12-14H,1,5-11H2,2-3H3/t12?,13-,14-,16-/m1/s1. The molecule has 3 nitrogen and oxygen atoms in total. The fourth-order valence-corrected chi connectivity index (χ4v) is 4.91. The zero-order valence-corrected chi connectivity index (χ0v) is 12.7. The smallest absolute Gasteiger partial charge is 0.174 e. The van der Waals surface area contributed by atoms with Gasteiger partial charge in [0, 0.05) is 24.2 Å². The third-order valence-electron chi connectivity index (χ3n) is 5.93. The van der Waals surface area contributed by atoms with Crippen LogP contribution in [0.4, 0.5) is 0 Å². The van der Waals surface area contributed by atoms with E-state index in [2.05, 4.69) is 20.4 Å². The summed E-state index contributed by atoms with van der Waals surface area (Å²) in [4.78, 5) is 12.4. The monoisotopic (exact) mass is 278 g/mol. The molecule has 0 aromatic rings. The Morgan fingerprint density at radius 3 is 2.75 bits per heavy atom. The molecule has 3 fully saturated rings. The van der Waals surface area contributed by atoms with E-state index in [0.717, 1.165) is 25.7 Å². The van der Waals surface area contributed by atoms with Crippen molar-refractivity contribution >= 4 is 5.78 Å². The second kappa shape index (κ2) is 4.96. The lowest BCUT2D eigenvalue weighted by Crippen LogP contribution is -2.60. The molecule has 0 N–H and O–H groups in total. The molecule has 2 aliphatic carbocycles. The summed E-state index contributed by atoms with van der Waals surface area (Å²) in [6.07, 6.45) is 6.33. The molecule has 20 heavy (non-hydrogen) atoms. The number of hydrogen-bond donors (Lipinski definition) is 0. The predicted octanol–water partition coefficient (Wildman–Crippen LogP) is 3.34. The van der Waals surface area contributed by atoms with Crippen LogP contribution in [0.25, 0.3) is 0 Å². The summed E-state index contributed by atoms with van der Waals surface area (Å²) < 4.78 is 12.3. The highest BCUT2D eigenvalue weighted by Crippen LogP contribution is 2.60. The molecular formula is C17H26O3. The fourth-order valence-electron chi connectivity index (χ4n) is 4.91. The third kappa shape index (κ3) is 1.90. The van der Waals surface area contributed by atoms with Crippen LogP contribution in [0.15, 0.2) is 12.7 Å². The first-order valence-electron chi connectivity index (χ1n) is 7.94. The molecule has 0 aromatic heterocycles. The number of ketones is 1. The Bertz CT molecular complexity index is 410. The molecule has 0 amide bonds. The van der Waals surface area contributed by atoms with Crippen molar-refractivity contribution in [2.75, 3.05) is 13.2 Å². The summed E-state index contributed by atoms with van der Waals surface area (Å²) in [5, 5.41) is 0. The van der Waals surface area contributed by atoms with Crippen molar-refractivity contribution < 1.29 is 14.3 Å². The summed E-state index contributed by atoms with van der Waals surface area (Å²) >= 11 is 0. The quantitative estimate of drug-likeness (QED) is 0.727. The summed E-state index contributed by atoms with van der Waals surface area (Å²) in [6.45, 7) is 9.77. The Morgan fingerprint density at radius 1 is 1.40 bits per heavy atom. The van der Waals surface area contributed by atoms with E-state index in [0.29, 0.717) is 37.3 Å². The van der Waals surface area contributed by atoms with Crippen LogP contribution in [0.5, 0.6) is 0 Å². The molecule has 1 aliphatic heterocycles. The largest absolute Gasteiger partial charge is 0.347 e. The van der Waals surface area contributed by atoms with Crippen LogP contribution in [-0.4, -0.2) is 24.8 Å². The van der Waals surface area contributed by atoms with Gasteiger partial charge in [0.1, 0.15) is 5.78 Å². The van der Waals surface area contributed by atoms with Gasteiger partial charge in [0.25, 0.3) is 0 Å². The number of rotatable bonds is 2. The van der Waals surface area contributed by atoms with Crippen molar-refractivity contribution in [3.05, 3.63) is 12.7 Å². The molecule has 0 bridgehead atoms. The first-order chi connectivity index (χ1) is 9.52. The van der Waals surface area contributed by atoms with Gasteiger partial charge in [-0.3, -0.25) is 4.79 Å². The summed E-state index contributed by atoms with van der Waals surface area (Å²) in [7, 11) is 0. The van der Waals surface area contributed by atoms with E-state index in [1.165, 1.54) is 0 Å². The highest BCUT2D eigenvalue weighted by atomic mass is 16.7. The molecule has 3 heteroatoms. The first-order valence-corrected chi connectivity index (χ1v) is 7.94. The lowest BCUT2D eigenvalue weighted by molar-refractivity contribution is -0.287. The maximum Gasteiger partial charge on any atom is 0.174 e. The second-order valence-electron chi connectivity index (χ2n) is 7.12. The first kappa shape index (κ1) is 14.3. The number of allylic oxidation sites excluding steroid dienone is 1. The zero-order valence-electron chi connectivity index (χ0n) is 12.7. The van der Waals surface area contributed by atoms with Crippen LogP contribution in [0.2, 0.25) is 0 Å². The summed E-state index contributed by atoms with van der Waals surface area (Å²) in [5.74, 6) is 0.983. The van der Waals surface area contributed by atoms with Crippen LogP contribution < -0.4 is 0 Å². The Morgan fingerprint density at radius 2 is 2.10 bits per heavy atom. The maximum absolute atomic E-state index is 12.4. The summed E-state index contributed by atoms with van der Waals surface area (Å²) in [5.41, 5.74) is -0.0302. The van der Waals surface area contributed by atoms with E-state index in [4.69, 9.17) is 9.47 Å². The fraction of sp³-hybridized carbons (Fsp3) is 0.824. The number of hydrogen-bond acceptors (Lipinski definition) is 3. The second-order valence-corrected chi connectivity index (χ2v) is 7.12. The molecule has 4 atom stereocenters. The van der Waals surface area contributed by atoms with Crippen molar-refractivity contribution in [1.82, 2.24) is 0 Å². The number of fused-ring (bicyclic) bond motifs is 2. The molecule has 112 valence electrons. The van der Waals surface area contributed by atoms with E-state index in [9.17, 15) is 4.79 Å². The summed E-state index contributed by atoms with van der Waals surface area (Å²) in [6, 6.07) is 0. The highest BCUT2D eigenvalue weighted by molar-refractivity contribution is 5.82. The molecule has 1 unspecified atom stereocenters. The van der Waals surface area contributed by atoms with E-state index in [1.54, 1.807) is 0 Å². The van der Waals surface area contributed by atoms with E-state index in [-0.39, 0.29) is 11.3 Å². The van der Waals surface area contributed by atoms with Crippen LogP contribution in [0.3, 0.4) is 0 Å². The van der Waals surface area contributed by atoms with Crippen molar-refractivity contribution in [2.45, 2.75) is 51.7 Å². The van der Waals surface area contributed by atoms with Gasteiger partial charge in [-0.15, -0.1) is 6.58 Å². The van der Waals surface area contributed by atoms with Crippen LogP contribution >= 0.6 is 0 Å². The molecule has 2 saturated carbocycles. The average Bonchev–Trinajstić information content (AvgIpc) is 2.87. The van der Waals surface area contributed by atoms with Gasteiger partial charge in [-0.25, -0.2) is 0 Å². The van der Waals surface area contributed by atoms with Gasteiger partial charge in [-0.2, -0.15) is 0 Å². The minimum atomic E-state index is -0.449. The molecular weight excluding hydrogens is 252 g/mol. The average molecular weight is 278 g/mol. The lowest BCUT2D eigenvalue weighted by atomic mass is 9.51. The predicted molar refractivity (Wildman–Crippen MR) is 77.2 cm³/mol. The normalized spacial score (nSPS) is 43.5. The van der Waals surface area contributed by atoms with Gasteiger partial charge in [0.05, 0.1) is 13.2 Å².